The third-order valence-electron chi connectivity index (χ3n) is 4.60. The molecule has 3 heterocycles. The molecule has 0 atom stereocenters. The van der Waals surface area contributed by atoms with Crippen molar-refractivity contribution < 1.29 is 13.7 Å². The zero-order valence-corrected chi connectivity index (χ0v) is 16.7. The summed E-state index contributed by atoms with van der Waals surface area (Å²) in [4.78, 5) is 15.0. The number of hydrogen-bond donors (Lipinski definition) is 0. The Kier molecular flexibility index (Phi) is 4.54. The van der Waals surface area contributed by atoms with Gasteiger partial charge >= 0.3 is 0 Å². The monoisotopic (exact) mass is 418 g/mol. The van der Waals surface area contributed by atoms with Crippen LogP contribution in [0.15, 0.2) is 80.8 Å². The van der Waals surface area contributed by atoms with Crippen LogP contribution in [0.3, 0.4) is 0 Å². The summed E-state index contributed by atoms with van der Waals surface area (Å²) in [5.74, 6) is 1.28. The first-order valence-corrected chi connectivity index (χ1v) is 10.1. The molecule has 1 aliphatic heterocycles. The molecule has 0 unspecified atom stereocenters. The summed E-state index contributed by atoms with van der Waals surface area (Å²) in [6.07, 6.45) is 3.43. The highest BCUT2D eigenvalue weighted by Crippen LogP contribution is 2.35. The summed E-state index contributed by atoms with van der Waals surface area (Å²) in [6, 6.07) is 19.2. The topological polar surface area (TPSA) is 59.5 Å². The van der Waals surface area contributed by atoms with Gasteiger partial charge in [-0.15, -0.1) is 0 Å². The molecule has 0 radical (unpaired) electrons. The number of rotatable bonds is 4. The summed E-state index contributed by atoms with van der Waals surface area (Å²) in [7, 11) is 0. The van der Waals surface area contributed by atoms with Crippen molar-refractivity contribution in [3.8, 4) is 11.3 Å². The molecule has 5 nitrogen and oxygen atoms in total. The van der Waals surface area contributed by atoms with Crippen LogP contribution < -0.4 is 0 Å². The van der Waals surface area contributed by atoms with E-state index in [1.54, 1.807) is 17.2 Å². The average Bonchev–Trinajstić information content (AvgIpc) is 3.46. The van der Waals surface area contributed by atoms with E-state index < -0.39 is 0 Å². The van der Waals surface area contributed by atoms with E-state index in [9.17, 15) is 4.79 Å². The van der Waals surface area contributed by atoms with Crippen LogP contribution in [0.2, 0.25) is 0 Å². The number of carbonyl (C=O) groups is 1. The van der Waals surface area contributed by atoms with Gasteiger partial charge in [0, 0.05) is 5.56 Å². The molecule has 2 aromatic carbocycles. The summed E-state index contributed by atoms with van der Waals surface area (Å²) in [5, 5.41) is 5.04. The van der Waals surface area contributed by atoms with Crippen molar-refractivity contribution >= 4 is 51.2 Å². The molecule has 1 fully saturated rings. The Balaban J connectivity index is 1.47. The lowest BCUT2D eigenvalue weighted by atomic mass is 10.1. The van der Waals surface area contributed by atoms with Crippen molar-refractivity contribution in [3.63, 3.8) is 0 Å². The van der Waals surface area contributed by atoms with Gasteiger partial charge in [0.1, 0.15) is 15.6 Å². The number of benzene rings is 2. The normalized spacial score (nSPS) is 15.7. The molecule has 0 aliphatic carbocycles. The van der Waals surface area contributed by atoms with Gasteiger partial charge in [0.15, 0.2) is 5.76 Å². The van der Waals surface area contributed by atoms with E-state index in [0.29, 0.717) is 27.3 Å². The Labute approximate surface area is 176 Å². The fourth-order valence-corrected chi connectivity index (χ4v) is 4.45. The molecule has 29 heavy (non-hydrogen) atoms. The van der Waals surface area contributed by atoms with E-state index in [1.165, 1.54) is 11.8 Å². The van der Waals surface area contributed by atoms with E-state index in [-0.39, 0.29) is 5.91 Å². The summed E-state index contributed by atoms with van der Waals surface area (Å²) < 4.78 is 11.4. The maximum absolute atomic E-state index is 12.8. The number of nitrogens with zero attached hydrogens (tertiary/aromatic N) is 2. The molecule has 0 spiro atoms. The second-order valence-electron chi connectivity index (χ2n) is 6.50. The quantitative estimate of drug-likeness (QED) is 0.323. The molecular weight excluding hydrogens is 404 g/mol. The number of carbonyl (C=O) groups excluding carboxylic acids is 1. The lowest BCUT2D eigenvalue weighted by Gasteiger charge is -2.11. The maximum Gasteiger partial charge on any atom is 0.266 e. The van der Waals surface area contributed by atoms with Gasteiger partial charge in [-0.05, 0) is 35.9 Å². The number of amides is 1. The fraction of sp³-hybridized carbons (Fsp3) is 0.0455. The van der Waals surface area contributed by atoms with Crippen LogP contribution in [0.1, 0.15) is 11.3 Å². The number of furan rings is 1. The van der Waals surface area contributed by atoms with E-state index in [0.717, 1.165) is 22.0 Å². The minimum Gasteiger partial charge on any atom is -0.467 e. The van der Waals surface area contributed by atoms with E-state index in [2.05, 4.69) is 5.16 Å². The Hall–Kier alpha value is -3.16. The Morgan fingerprint density at radius 2 is 1.97 bits per heavy atom. The molecular formula is C22H14N2O3S2. The summed E-state index contributed by atoms with van der Waals surface area (Å²) in [5.41, 5.74) is 2.61. The van der Waals surface area contributed by atoms with Crippen LogP contribution in [-0.2, 0) is 11.3 Å². The zero-order valence-electron chi connectivity index (χ0n) is 15.1. The number of thiocarbonyl (C=S) groups is 1. The third-order valence-corrected chi connectivity index (χ3v) is 5.98. The molecule has 4 aromatic rings. The number of fused-ring (bicyclic) bond motifs is 1. The average molecular weight is 418 g/mol. The fourth-order valence-electron chi connectivity index (χ4n) is 3.19. The highest BCUT2D eigenvalue weighted by atomic mass is 32.2. The summed E-state index contributed by atoms with van der Waals surface area (Å²) >= 11 is 6.69. The number of aromatic nitrogens is 1. The van der Waals surface area contributed by atoms with Gasteiger partial charge in [0.2, 0.25) is 0 Å². The van der Waals surface area contributed by atoms with Crippen molar-refractivity contribution in [2.24, 2.45) is 0 Å². The lowest BCUT2D eigenvalue weighted by molar-refractivity contribution is -0.122. The molecule has 5 rings (SSSR count). The Morgan fingerprint density at radius 1 is 1.10 bits per heavy atom. The molecule has 0 saturated carbocycles. The van der Waals surface area contributed by atoms with Crippen LogP contribution in [0.4, 0.5) is 0 Å². The predicted octanol–water partition coefficient (Wildman–Crippen LogP) is 5.49. The van der Waals surface area contributed by atoms with Gasteiger partial charge < -0.3 is 8.94 Å². The van der Waals surface area contributed by atoms with Crippen molar-refractivity contribution in [3.05, 3.63) is 83.2 Å². The van der Waals surface area contributed by atoms with Gasteiger partial charge in [-0.2, -0.15) is 0 Å². The van der Waals surface area contributed by atoms with Crippen molar-refractivity contribution in [2.45, 2.75) is 6.54 Å². The zero-order chi connectivity index (χ0) is 19.8. The third kappa shape index (κ3) is 3.39. The smallest absolute Gasteiger partial charge is 0.266 e. The first-order chi connectivity index (χ1) is 14.2. The van der Waals surface area contributed by atoms with Crippen LogP contribution in [-0.4, -0.2) is 20.3 Å². The van der Waals surface area contributed by atoms with Crippen LogP contribution in [0.5, 0.6) is 0 Å². The number of hydrogen-bond acceptors (Lipinski definition) is 6. The van der Waals surface area contributed by atoms with E-state index in [1.807, 2.05) is 60.7 Å². The van der Waals surface area contributed by atoms with Gasteiger partial charge in [-0.3, -0.25) is 9.69 Å². The minimum atomic E-state index is -0.120. The molecule has 7 heteroatoms. The number of thioether (sulfide) groups is 1. The standard InChI is InChI=1S/C22H14N2O3S2/c25-21-19(29-22(28)24(21)13-16-7-4-10-26-16)12-14-8-9-18-17(11-14)20(27-23-18)15-5-2-1-3-6-15/h1-12H,13H2/b19-12-. The van der Waals surface area contributed by atoms with Gasteiger partial charge in [-0.25, -0.2) is 0 Å². The maximum atomic E-state index is 12.8. The highest BCUT2D eigenvalue weighted by Gasteiger charge is 2.32. The molecule has 142 valence electrons. The van der Waals surface area contributed by atoms with Gasteiger partial charge in [0.05, 0.1) is 23.1 Å². The second kappa shape index (κ2) is 7.35. The SMILES string of the molecule is O=C1/C(=C/c2ccc3noc(-c4ccccc4)c3c2)SC(=S)N1Cc1ccco1. The van der Waals surface area contributed by atoms with E-state index in [4.69, 9.17) is 21.2 Å². The first kappa shape index (κ1) is 17.9. The van der Waals surface area contributed by atoms with Gasteiger partial charge in [-0.1, -0.05) is 65.5 Å². The highest BCUT2D eigenvalue weighted by molar-refractivity contribution is 8.26. The molecule has 1 saturated heterocycles. The largest absolute Gasteiger partial charge is 0.467 e. The van der Waals surface area contributed by atoms with Crippen LogP contribution >= 0.6 is 24.0 Å². The Bertz CT molecular complexity index is 1240. The van der Waals surface area contributed by atoms with Crippen LogP contribution in [0.25, 0.3) is 28.3 Å². The molecule has 1 aliphatic rings. The van der Waals surface area contributed by atoms with E-state index >= 15 is 0 Å². The Morgan fingerprint density at radius 3 is 2.76 bits per heavy atom. The van der Waals surface area contributed by atoms with Crippen LogP contribution in [0, 0.1) is 0 Å². The molecule has 0 bridgehead atoms. The predicted molar refractivity (Wildman–Crippen MR) is 117 cm³/mol. The lowest BCUT2D eigenvalue weighted by Crippen LogP contribution is -2.27. The van der Waals surface area contributed by atoms with Crippen molar-refractivity contribution in [2.75, 3.05) is 0 Å². The second-order valence-corrected chi connectivity index (χ2v) is 8.18. The molecule has 1 amide bonds. The van der Waals surface area contributed by atoms with Crippen molar-refractivity contribution in [1.29, 1.82) is 0 Å². The summed E-state index contributed by atoms with van der Waals surface area (Å²) in [6.45, 7) is 0.331. The molecule has 0 N–H and O–H groups in total. The van der Waals surface area contributed by atoms with Crippen molar-refractivity contribution in [1.82, 2.24) is 10.1 Å². The van der Waals surface area contributed by atoms with Gasteiger partial charge in [0.25, 0.3) is 5.91 Å². The molecule has 2 aromatic heterocycles. The first-order valence-electron chi connectivity index (χ1n) is 8.92. The minimum absolute atomic E-state index is 0.120.